The van der Waals surface area contributed by atoms with Crippen LogP contribution in [0.1, 0.15) is 0 Å². The lowest BCUT2D eigenvalue weighted by molar-refractivity contribution is 1.16. The predicted octanol–water partition coefficient (Wildman–Crippen LogP) is 0.895. The average Bonchev–Trinajstić information content (AvgIpc) is 1.93. The smallest absolute Gasteiger partial charge is 0.228 e. The van der Waals surface area contributed by atoms with Crippen molar-refractivity contribution in [1.82, 2.24) is 9.97 Å². The Morgan fingerprint density at radius 1 is 1.55 bits per heavy atom. The number of nitrogens with two attached hydrogens (primary N) is 1. The van der Waals surface area contributed by atoms with E-state index >= 15 is 0 Å². The summed E-state index contributed by atoms with van der Waals surface area (Å²) in [5.41, 5.74) is 5.19. The fraction of sp³-hybridized carbons (Fsp3) is 0. The molecule has 0 aliphatic heterocycles. The van der Waals surface area contributed by atoms with Gasteiger partial charge in [0, 0.05) is 12.4 Å². The number of anilines is 1. The molecule has 0 atom stereocenters. The highest BCUT2D eigenvalue weighted by Crippen LogP contribution is 2.06. The van der Waals surface area contributed by atoms with Gasteiger partial charge in [-0.15, -0.1) is 0 Å². The molecule has 4 nitrogen and oxygen atoms in total. The SMILES string of the molecule is NC(=S)Nc1ncc(Br)cn1. The van der Waals surface area contributed by atoms with Crippen LogP contribution in [0.15, 0.2) is 16.9 Å². The van der Waals surface area contributed by atoms with Crippen LogP contribution in [0.4, 0.5) is 5.95 Å². The molecule has 1 aromatic heterocycles. The van der Waals surface area contributed by atoms with Gasteiger partial charge in [0.05, 0.1) is 4.47 Å². The summed E-state index contributed by atoms with van der Waals surface area (Å²) in [5, 5.41) is 2.76. The van der Waals surface area contributed by atoms with Crippen LogP contribution in [0.2, 0.25) is 0 Å². The molecule has 0 fully saturated rings. The summed E-state index contributed by atoms with van der Waals surface area (Å²) in [6, 6.07) is 0. The fourth-order valence-corrected chi connectivity index (χ4v) is 0.783. The van der Waals surface area contributed by atoms with Crippen LogP contribution in [0.3, 0.4) is 0 Å². The van der Waals surface area contributed by atoms with Crippen LogP contribution in [0.5, 0.6) is 0 Å². The molecule has 1 aromatic rings. The van der Waals surface area contributed by atoms with Gasteiger partial charge < -0.3 is 11.1 Å². The van der Waals surface area contributed by atoms with Gasteiger partial charge in [0.15, 0.2) is 5.11 Å². The van der Waals surface area contributed by atoms with Crippen molar-refractivity contribution in [1.29, 1.82) is 0 Å². The number of hydrogen-bond donors (Lipinski definition) is 2. The molecule has 0 amide bonds. The molecule has 6 heteroatoms. The molecule has 0 radical (unpaired) electrons. The Hall–Kier alpha value is -0.750. The van der Waals surface area contributed by atoms with Crippen molar-refractivity contribution in [3.8, 4) is 0 Å². The molecule has 0 bridgehead atoms. The van der Waals surface area contributed by atoms with Crippen LogP contribution in [-0.2, 0) is 0 Å². The monoisotopic (exact) mass is 232 g/mol. The van der Waals surface area contributed by atoms with Gasteiger partial charge in [0.2, 0.25) is 5.95 Å². The summed E-state index contributed by atoms with van der Waals surface area (Å²) < 4.78 is 0.811. The zero-order valence-corrected chi connectivity index (χ0v) is 7.82. The third kappa shape index (κ3) is 2.77. The van der Waals surface area contributed by atoms with Gasteiger partial charge in [-0.25, -0.2) is 9.97 Å². The van der Waals surface area contributed by atoms with E-state index < -0.39 is 0 Å². The molecular weight excluding hydrogens is 228 g/mol. The van der Waals surface area contributed by atoms with E-state index in [2.05, 4.69) is 43.4 Å². The number of halogens is 1. The van der Waals surface area contributed by atoms with Gasteiger partial charge >= 0.3 is 0 Å². The van der Waals surface area contributed by atoms with E-state index in [1.54, 1.807) is 12.4 Å². The van der Waals surface area contributed by atoms with E-state index in [0.717, 1.165) is 4.47 Å². The number of nitrogens with one attached hydrogen (secondary N) is 1. The quantitative estimate of drug-likeness (QED) is 0.705. The van der Waals surface area contributed by atoms with Crippen molar-refractivity contribution in [3.63, 3.8) is 0 Å². The van der Waals surface area contributed by atoms with Crippen LogP contribution in [0.25, 0.3) is 0 Å². The third-order valence-electron chi connectivity index (χ3n) is 0.855. The van der Waals surface area contributed by atoms with Gasteiger partial charge in [-0.1, -0.05) is 0 Å². The Labute approximate surface area is 77.4 Å². The van der Waals surface area contributed by atoms with Crippen molar-refractivity contribution < 1.29 is 0 Å². The Bertz CT molecular complexity index is 260. The maximum atomic E-state index is 5.19. The summed E-state index contributed by atoms with van der Waals surface area (Å²) in [7, 11) is 0. The first-order chi connectivity index (χ1) is 5.18. The Kier molecular flexibility index (Phi) is 2.72. The van der Waals surface area contributed by atoms with Gasteiger partial charge in [-0.05, 0) is 28.1 Å². The molecule has 0 spiro atoms. The molecule has 1 rings (SSSR count). The highest BCUT2D eigenvalue weighted by atomic mass is 79.9. The van der Waals surface area contributed by atoms with Crippen LogP contribution in [0, 0.1) is 0 Å². The number of aromatic nitrogens is 2. The largest absolute Gasteiger partial charge is 0.376 e. The standard InChI is InChI=1S/C5H5BrN4S/c6-3-1-8-5(9-2-3)10-4(7)11/h1-2H,(H3,7,8,9,10,11). The summed E-state index contributed by atoms with van der Waals surface area (Å²) in [6.07, 6.45) is 3.21. The fourth-order valence-electron chi connectivity index (χ4n) is 0.487. The molecule has 11 heavy (non-hydrogen) atoms. The Balaban J connectivity index is 2.74. The minimum absolute atomic E-state index is 0.160. The normalized spacial score (nSPS) is 9.18. The van der Waals surface area contributed by atoms with Crippen LogP contribution < -0.4 is 11.1 Å². The minimum Gasteiger partial charge on any atom is -0.376 e. The summed E-state index contributed by atoms with van der Waals surface area (Å²) in [5.74, 6) is 0.403. The molecule has 3 N–H and O–H groups in total. The van der Waals surface area contributed by atoms with Crippen molar-refractivity contribution in [2.24, 2.45) is 5.73 Å². The number of rotatable bonds is 1. The van der Waals surface area contributed by atoms with Gasteiger partial charge in [0.1, 0.15) is 0 Å². The molecule has 0 unspecified atom stereocenters. The van der Waals surface area contributed by atoms with E-state index in [1.807, 2.05) is 0 Å². The zero-order valence-electron chi connectivity index (χ0n) is 5.41. The second-order valence-corrected chi connectivity index (χ2v) is 3.07. The summed E-state index contributed by atoms with van der Waals surface area (Å²) in [6.45, 7) is 0. The van der Waals surface area contributed by atoms with E-state index in [0.29, 0.717) is 5.95 Å². The first kappa shape index (κ1) is 8.35. The molecule has 0 saturated heterocycles. The first-order valence-electron chi connectivity index (χ1n) is 2.72. The lowest BCUT2D eigenvalue weighted by Gasteiger charge is -1.99. The van der Waals surface area contributed by atoms with E-state index in [4.69, 9.17) is 5.73 Å². The molecule has 0 saturated carbocycles. The number of nitrogens with zero attached hydrogens (tertiary/aromatic N) is 2. The van der Waals surface area contributed by atoms with Gasteiger partial charge in [0.25, 0.3) is 0 Å². The van der Waals surface area contributed by atoms with Gasteiger partial charge in [-0.2, -0.15) is 0 Å². The van der Waals surface area contributed by atoms with E-state index in [-0.39, 0.29) is 5.11 Å². The molecule has 0 aliphatic carbocycles. The zero-order chi connectivity index (χ0) is 8.27. The average molecular weight is 233 g/mol. The topological polar surface area (TPSA) is 63.8 Å². The third-order valence-corrected chi connectivity index (χ3v) is 1.37. The maximum absolute atomic E-state index is 5.19. The van der Waals surface area contributed by atoms with Gasteiger partial charge in [-0.3, -0.25) is 0 Å². The maximum Gasteiger partial charge on any atom is 0.228 e. The second-order valence-electron chi connectivity index (χ2n) is 1.71. The predicted molar refractivity (Wildman–Crippen MR) is 50.1 cm³/mol. The lowest BCUT2D eigenvalue weighted by Crippen LogP contribution is -2.20. The highest BCUT2D eigenvalue weighted by molar-refractivity contribution is 9.10. The molecule has 1 heterocycles. The molecular formula is C5H5BrN4S. The first-order valence-corrected chi connectivity index (χ1v) is 3.92. The van der Waals surface area contributed by atoms with Crippen molar-refractivity contribution >= 4 is 39.2 Å². The van der Waals surface area contributed by atoms with E-state index in [9.17, 15) is 0 Å². The van der Waals surface area contributed by atoms with Crippen molar-refractivity contribution in [2.45, 2.75) is 0 Å². The van der Waals surface area contributed by atoms with Crippen LogP contribution in [-0.4, -0.2) is 15.1 Å². The Morgan fingerprint density at radius 3 is 2.55 bits per heavy atom. The lowest BCUT2D eigenvalue weighted by atomic mass is 10.7. The summed E-state index contributed by atoms with van der Waals surface area (Å²) >= 11 is 7.78. The Morgan fingerprint density at radius 2 is 2.09 bits per heavy atom. The minimum atomic E-state index is 0.160. The highest BCUT2D eigenvalue weighted by Gasteiger charge is 1.94. The van der Waals surface area contributed by atoms with Crippen molar-refractivity contribution in [2.75, 3.05) is 5.32 Å². The van der Waals surface area contributed by atoms with Crippen molar-refractivity contribution in [3.05, 3.63) is 16.9 Å². The molecule has 0 aliphatic rings. The molecule has 58 valence electrons. The number of hydrogen-bond acceptors (Lipinski definition) is 3. The van der Waals surface area contributed by atoms with Crippen LogP contribution >= 0.6 is 28.1 Å². The summed E-state index contributed by atoms with van der Waals surface area (Å²) in [4.78, 5) is 7.76. The molecule has 0 aromatic carbocycles. The van der Waals surface area contributed by atoms with E-state index in [1.165, 1.54) is 0 Å². The number of thiocarbonyl (C=S) groups is 1. The second kappa shape index (κ2) is 3.59.